The Labute approximate surface area is 168 Å². The second-order valence-corrected chi connectivity index (χ2v) is 8.21. The first-order valence-corrected chi connectivity index (χ1v) is 10.4. The summed E-state index contributed by atoms with van der Waals surface area (Å²) in [6, 6.07) is 14.0. The zero-order valence-corrected chi connectivity index (χ0v) is 16.8. The fourth-order valence-corrected chi connectivity index (χ4v) is 4.19. The van der Waals surface area contributed by atoms with Gasteiger partial charge in [-0.1, -0.05) is 22.0 Å². The van der Waals surface area contributed by atoms with Gasteiger partial charge in [0.1, 0.15) is 12.4 Å². The van der Waals surface area contributed by atoms with Crippen molar-refractivity contribution >= 4 is 21.8 Å². The summed E-state index contributed by atoms with van der Waals surface area (Å²) in [4.78, 5) is 12.6. The quantitative estimate of drug-likeness (QED) is 0.770. The summed E-state index contributed by atoms with van der Waals surface area (Å²) in [7, 11) is 0. The second kappa shape index (κ2) is 8.44. The Morgan fingerprint density at radius 1 is 1.15 bits per heavy atom. The van der Waals surface area contributed by atoms with Crippen molar-refractivity contribution in [2.45, 2.75) is 44.2 Å². The van der Waals surface area contributed by atoms with E-state index in [1.165, 1.54) is 11.1 Å². The molecule has 0 unspecified atom stereocenters. The highest BCUT2D eigenvalue weighted by molar-refractivity contribution is 9.10. The zero-order chi connectivity index (χ0) is 18.6. The molecule has 2 aromatic carbocycles. The maximum absolute atomic E-state index is 12.6. The minimum absolute atomic E-state index is 0.0220. The van der Waals surface area contributed by atoms with Crippen molar-refractivity contribution in [1.82, 2.24) is 5.32 Å². The molecule has 0 aromatic heterocycles. The van der Waals surface area contributed by atoms with Crippen LogP contribution in [0.25, 0.3) is 0 Å². The van der Waals surface area contributed by atoms with Gasteiger partial charge in [0.25, 0.3) is 5.91 Å². The molecule has 0 saturated carbocycles. The molecule has 2 aromatic rings. The number of rotatable bonds is 5. The summed E-state index contributed by atoms with van der Waals surface area (Å²) in [6.07, 6.45) is 5.21. The van der Waals surface area contributed by atoms with E-state index < -0.39 is 0 Å². The van der Waals surface area contributed by atoms with Gasteiger partial charge in [0.2, 0.25) is 0 Å². The molecule has 1 amide bonds. The van der Waals surface area contributed by atoms with Crippen LogP contribution >= 0.6 is 15.9 Å². The molecule has 0 radical (unpaired) electrons. The number of fused-ring (bicyclic) bond motifs is 1. The number of hydrogen-bond donors (Lipinski definition) is 1. The molecule has 1 heterocycles. The Kier molecular flexibility index (Phi) is 5.79. The van der Waals surface area contributed by atoms with Crippen molar-refractivity contribution in [3.63, 3.8) is 0 Å². The molecule has 1 N–H and O–H groups in total. The molecule has 1 fully saturated rings. The molecule has 1 saturated heterocycles. The number of carbonyl (C=O) groups excluding carboxylic acids is 1. The molecular formula is C22H24BrNO3. The summed E-state index contributed by atoms with van der Waals surface area (Å²) < 4.78 is 12.4. The molecule has 2 aliphatic rings. The van der Waals surface area contributed by atoms with Crippen LogP contribution in [0.3, 0.4) is 0 Å². The van der Waals surface area contributed by atoms with Crippen LogP contribution in [0.4, 0.5) is 0 Å². The number of benzene rings is 2. The van der Waals surface area contributed by atoms with E-state index in [2.05, 4.69) is 39.4 Å². The Balaban J connectivity index is 1.31. The lowest BCUT2D eigenvalue weighted by Crippen LogP contribution is -2.38. The lowest BCUT2D eigenvalue weighted by Gasteiger charge is -2.25. The summed E-state index contributed by atoms with van der Waals surface area (Å²) in [6.45, 7) is 1.40. The topological polar surface area (TPSA) is 47.6 Å². The number of amides is 1. The minimum Gasteiger partial charge on any atom is -0.491 e. The van der Waals surface area contributed by atoms with Gasteiger partial charge in [0.05, 0.1) is 6.10 Å². The van der Waals surface area contributed by atoms with Gasteiger partial charge >= 0.3 is 0 Å². The van der Waals surface area contributed by atoms with E-state index in [-0.39, 0.29) is 18.1 Å². The molecule has 4 nitrogen and oxygen atoms in total. The Morgan fingerprint density at radius 2 is 2.00 bits per heavy atom. The average molecular weight is 430 g/mol. The maximum Gasteiger partial charge on any atom is 0.251 e. The third kappa shape index (κ3) is 4.71. The molecule has 4 rings (SSSR count). The van der Waals surface area contributed by atoms with Crippen LogP contribution in [0.5, 0.6) is 5.75 Å². The first-order valence-electron chi connectivity index (χ1n) is 9.60. The normalized spacial score (nSPS) is 21.5. The van der Waals surface area contributed by atoms with Gasteiger partial charge in [0, 0.05) is 22.7 Å². The number of carbonyl (C=O) groups is 1. The van der Waals surface area contributed by atoms with Crippen molar-refractivity contribution < 1.29 is 14.3 Å². The molecule has 5 heteroatoms. The zero-order valence-electron chi connectivity index (χ0n) is 15.2. The predicted octanol–water partition coefficient (Wildman–Crippen LogP) is 4.29. The first kappa shape index (κ1) is 18.5. The van der Waals surface area contributed by atoms with Gasteiger partial charge in [0.15, 0.2) is 0 Å². The second-order valence-electron chi connectivity index (χ2n) is 7.30. The molecule has 0 spiro atoms. The van der Waals surface area contributed by atoms with Crippen LogP contribution < -0.4 is 10.1 Å². The van der Waals surface area contributed by atoms with E-state index in [0.717, 1.165) is 48.9 Å². The molecule has 1 aliphatic carbocycles. The number of nitrogens with one attached hydrogen (secondary N) is 1. The summed E-state index contributed by atoms with van der Waals surface area (Å²) in [5.41, 5.74) is 3.37. The van der Waals surface area contributed by atoms with Crippen LogP contribution in [-0.2, 0) is 17.6 Å². The first-order chi connectivity index (χ1) is 13.2. The van der Waals surface area contributed by atoms with Gasteiger partial charge < -0.3 is 14.8 Å². The molecular weight excluding hydrogens is 406 g/mol. The highest BCUT2D eigenvalue weighted by Gasteiger charge is 2.21. The number of aryl methyl sites for hydroxylation is 1. The third-order valence-electron chi connectivity index (χ3n) is 5.31. The summed E-state index contributed by atoms with van der Waals surface area (Å²) >= 11 is 3.53. The Hall–Kier alpha value is -1.85. The monoisotopic (exact) mass is 429 g/mol. The standard InChI is InChI=1S/C22H24BrNO3/c23-18-7-3-17-13-19(8-4-16(17)12-18)24-22(25)15-5-9-20(10-6-15)27-14-21-2-1-11-26-21/h3,5-7,9-10,12,19,21H,1-2,4,8,11,13-14H2,(H,24,25)/t19-,21+/m1/s1. The largest absolute Gasteiger partial charge is 0.491 e. The van der Waals surface area contributed by atoms with Gasteiger partial charge in [-0.05, 0) is 79.6 Å². The van der Waals surface area contributed by atoms with E-state index in [9.17, 15) is 4.79 Å². The highest BCUT2D eigenvalue weighted by Crippen LogP contribution is 2.25. The van der Waals surface area contributed by atoms with Crippen LogP contribution in [0, 0.1) is 0 Å². The molecule has 142 valence electrons. The van der Waals surface area contributed by atoms with E-state index in [4.69, 9.17) is 9.47 Å². The van der Waals surface area contributed by atoms with Crippen molar-refractivity contribution in [2.75, 3.05) is 13.2 Å². The SMILES string of the molecule is O=C(N[C@@H]1CCc2cc(Br)ccc2C1)c1ccc(OC[C@@H]2CCCO2)cc1. The lowest BCUT2D eigenvalue weighted by atomic mass is 9.88. The summed E-state index contributed by atoms with van der Waals surface area (Å²) in [5.74, 6) is 0.755. The molecule has 2 atom stereocenters. The highest BCUT2D eigenvalue weighted by atomic mass is 79.9. The fourth-order valence-electron chi connectivity index (χ4n) is 3.78. The van der Waals surface area contributed by atoms with E-state index >= 15 is 0 Å². The van der Waals surface area contributed by atoms with Gasteiger partial charge in [-0.2, -0.15) is 0 Å². The molecule has 1 aliphatic heterocycles. The van der Waals surface area contributed by atoms with Crippen LogP contribution in [0.1, 0.15) is 40.7 Å². The maximum atomic E-state index is 12.6. The molecule has 0 bridgehead atoms. The van der Waals surface area contributed by atoms with E-state index in [1.54, 1.807) is 0 Å². The van der Waals surface area contributed by atoms with Gasteiger partial charge in [-0.15, -0.1) is 0 Å². The van der Waals surface area contributed by atoms with Crippen molar-refractivity contribution in [3.8, 4) is 5.75 Å². The third-order valence-corrected chi connectivity index (χ3v) is 5.80. The average Bonchev–Trinajstić information content (AvgIpc) is 3.20. The Morgan fingerprint density at radius 3 is 2.78 bits per heavy atom. The van der Waals surface area contributed by atoms with E-state index in [1.807, 2.05) is 24.3 Å². The van der Waals surface area contributed by atoms with Crippen molar-refractivity contribution in [3.05, 3.63) is 63.6 Å². The van der Waals surface area contributed by atoms with Crippen LogP contribution in [0.15, 0.2) is 46.9 Å². The van der Waals surface area contributed by atoms with Gasteiger partial charge in [-0.25, -0.2) is 0 Å². The smallest absolute Gasteiger partial charge is 0.251 e. The number of halogens is 1. The van der Waals surface area contributed by atoms with Crippen molar-refractivity contribution in [2.24, 2.45) is 0 Å². The molecule has 27 heavy (non-hydrogen) atoms. The van der Waals surface area contributed by atoms with E-state index in [0.29, 0.717) is 12.2 Å². The predicted molar refractivity (Wildman–Crippen MR) is 108 cm³/mol. The Bertz CT molecular complexity index is 800. The van der Waals surface area contributed by atoms with Crippen LogP contribution in [-0.4, -0.2) is 31.3 Å². The number of hydrogen-bond acceptors (Lipinski definition) is 3. The minimum atomic E-state index is -0.0220. The number of ether oxygens (including phenoxy) is 2. The van der Waals surface area contributed by atoms with Crippen molar-refractivity contribution in [1.29, 1.82) is 0 Å². The summed E-state index contributed by atoms with van der Waals surface area (Å²) in [5, 5.41) is 3.18. The fraction of sp³-hybridized carbons (Fsp3) is 0.409. The van der Waals surface area contributed by atoms with Gasteiger partial charge in [-0.3, -0.25) is 4.79 Å². The lowest BCUT2D eigenvalue weighted by molar-refractivity contribution is 0.0679. The van der Waals surface area contributed by atoms with Crippen LogP contribution in [0.2, 0.25) is 0 Å².